The predicted molar refractivity (Wildman–Crippen MR) is 81.2 cm³/mol. The summed E-state index contributed by atoms with van der Waals surface area (Å²) >= 11 is 0. The SMILES string of the molecule is CN1CC[C@@]2(CCC1=O)CN(C(=O)Cn1ncnn1)CCN2C. The molecule has 2 fully saturated rings. The van der Waals surface area contributed by atoms with Crippen LogP contribution in [0.3, 0.4) is 0 Å². The average molecular weight is 321 g/mol. The van der Waals surface area contributed by atoms with Crippen molar-refractivity contribution in [2.24, 2.45) is 0 Å². The van der Waals surface area contributed by atoms with E-state index in [1.807, 2.05) is 11.9 Å². The summed E-state index contributed by atoms with van der Waals surface area (Å²) in [5.74, 6) is 0.185. The lowest BCUT2D eigenvalue weighted by Gasteiger charge is -2.49. The Morgan fingerprint density at radius 3 is 2.83 bits per heavy atom. The van der Waals surface area contributed by atoms with Gasteiger partial charge in [0.25, 0.3) is 0 Å². The standard InChI is InChI=1S/C14H23N7O2/c1-18-6-5-14(4-3-12(18)22)10-20(8-7-19(14)2)13(23)9-21-16-11-15-17-21/h11H,3-10H2,1-2H3/t14-/m0/s1. The van der Waals surface area contributed by atoms with Gasteiger partial charge in [0.2, 0.25) is 11.8 Å². The maximum atomic E-state index is 12.5. The summed E-state index contributed by atoms with van der Waals surface area (Å²) in [5, 5.41) is 11.3. The third kappa shape index (κ3) is 3.19. The number of likely N-dealkylation sites (tertiary alicyclic amines) is 1. The number of likely N-dealkylation sites (N-methyl/N-ethyl adjacent to an activating group) is 1. The van der Waals surface area contributed by atoms with Gasteiger partial charge in [0.15, 0.2) is 6.33 Å². The summed E-state index contributed by atoms with van der Waals surface area (Å²) in [6.07, 6.45) is 3.54. The second-order valence-corrected chi connectivity index (χ2v) is 6.49. The van der Waals surface area contributed by atoms with Crippen LogP contribution in [-0.2, 0) is 16.1 Å². The van der Waals surface area contributed by atoms with E-state index in [0.717, 1.165) is 25.9 Å². The van der Waals surface area contributed by atoms with Crippen LogP contribution in [0.1, 0.15) is 19.3 Å². The van der Waals surface area contributed by atoms with Gasteiger partial charge in [-0.05, 0) is 25.1 Å². The fraction of sp³-hybridized carbons (Fsp3) is 0.786. The molecule has 0 unspecified atom stereocenters. The maximum absolute atomic E-state index is 12.5. The Kier molecular flexibility index (Phi) is 4.29. The summed E-state index contributed by atoms with van der Waals surface area (Å²) < 4.78 is 0. The molecule has 0 radical (unpaired) electrons. The molecule has 0 aliphatic carbocycles. The van der Waals surface area contributed by atoms with Gasteiger partial charge in [-0.15, -0.1) is 10.2 Å². The first kappa shape index (κ1) is 15.9. The van der Waals surface area contributed by atoms with Crippen LogP contribution in [0, 0.1) is 0 Å². The number of piperazine rings is 1. The fourth-order valence-corrected chi connectivity index (χ4v) is 3.45. The highest BCUT2D eigenvalue weighted by Crippen LogP contribution is 2.31. The number of carbonyl (C=O) groups excluding carboxylic acids is 2. The maximum Gasteiger partial charge on any atom is 0.246 e. The average Bonchev–Trinajstić information content (AvgIpc) is 3.00. The normalized spacial score (nSPS) is 26.6. The van der Waals surface area contributed by atoms with E-state index >= 15 is 0 Å². The van der Waals surface area contributed by atoms with Crippen molar-refractivity contribution in [3.8, 4) is 0 Å². The van der Waals surface area contributed by atoms with Gasteiger partial charge in [-0.25, -0.2) is 0 Å². The lowest BCUT2D eigenvalue weighted by atomic mass is 9.86. The molecular weight excluding hydrogens is 298 g/mol. The van der Waals surface area contributed by atoms with Gasteiger partial charge >= 0.3 is 0 Å². The van der Waals surface area contributed by atoms with E-state index in [0.29, 0.717) is 19.5 Å². The molecule has 3 heterocycles. The van der Waals surface area contributed by atoms with Crippen molar-refractivity contribution in [1.29, 1.82) is 0 Å². The summed E-state index contributed by atoms with van der Waals surface area (Å²) in [7, 11) is 3.94. The van der Waals surface area contributed by atoms with Gasteiger partial charge in [0.1, 0.15) is 6.54 Å². The molecule has 2 aliphatic heterocycles. The number of tetrazole rings is 1. The zero-order valence-electron chi connectivity index (χ0n) is 13.7. The molecular formula is C14H23N7O2. The Labute approximate surface area is 135 Å². The number of rotatable bonds is 2. The Morgan fingerprint density at radius 2 is 2.09 bits per heavy atom. The van der Waals surface area contributed by atoms with Crippen LogP contribution in [0.2, 0.25) is 0 Å². The molecule has 3 rings (SSSR count). The van der Waals surface area contributed by atoms with Crippen molar-refractivity contribution < 1.29 is 9.59 Å². The van der Waals surface area contributed by atoms with Crippen LogP contribution in [-0.4, -0.2) is 92.5 Å². The molecule has 1 aromatic heterocycles. The topological polar surface area (TPSA) is 87.5 Å². The minimum atomic E-state index is -0.121. The molecule has 0 saturated carbocycles. The first-order chi connectivity index (χ1) is 11.0. The highest BCUT2D eigenvalue weighted by Gasteiger charge is 2.42. The summed E-state index contributed by atoms with van der Waals surface area (Å²) in [6, 6.07) is 0. The molecule has 9 heteroatoms. The van der Waals surface area contributed by atoms with E-state index in [1.165, 1.54) is 11.1 Å². The van der Waals surface area contributed by atoms with Crippen molar-refractivity contribution in [1.82, 2.24) is 34.9 Å². The largest absolute Gasteiger partial charge is 0.346 e. The lowest BCUT2D eigenvalue weighted by molar-refractivity contribution is -0.138. The molecule has 23 heavy (non-hydrogen) atoms. The Morgan fingerprint density at radius 1 is 1.26 bits per heavy atom. The van der Waals surface area contributed by atoms with Crippen LogP contribution < -0.4 is 0 Å². The van der Waals surface area contributed by atoms with E-state index in [2.05, 4.69) is 27.4 Å². The molecule has 0 aromatic carbocycles. The van der Waals surface area contributed by atoms with Crippen LogP contribution in [0.15, 0.2) is 6.33 Å². The first-order valence-corrected chi connectivity index (χ1v) is 7.94. The number of amides is 2. The molecule has 2 aliphatic rings. The van der Waals surface area contributed by atoms with Gasteiger partial charge < -0.3 is 9.80 Å². The van der Waals surface area contributed by atoms with Crippen molar-refractivity contribution in [2.45, 2.75) is 31.3 Å². The van der Waals surface area contributed by atoms with Gasteiger partial charge in [-0.1, -0.05) is 0 Å². The highest BCUT2D eigenvalue weighted by molar-refractivity contribution is 5.77. The summed E-state index contributed by atoms with van der Waals surface area (Å²) in [6.45, 7) is 3.00. The minimum Gasteiger partial charge on any atom is -0.346 e. The Bertz CT molecular complexity index is 576. The zero-order chi connectivity index (χ0) is 16.4. The Hall–Kier alpha value is -2.03. The number of nitrogens with zero attached hydrogens (tertiary/aromatic N) is 7. The molecule has 0 bridgehead atoms. The molecule has 9 nitrogen and oxygen atoms in total. The molecule has 1 aromatic rings. The number of carbonyl (C=O) groups is 2. The van der Waals surface area contributed by atoms with Gasteiger partial charge in [-0.2, -0.15) is 4.80 Å². The predicted octanol–water partition coefficient (Wildman–Crippen LogP) is -1.17. The lowest BCUT2D eigenvalue weighted by Crippen LogP contribution is -2.62. The van der Waals surface area contributed by atoms with E-state index in [4.69, 9.17) is 0 Å². The molecule has 1 atom stereocenters. The molecule has 126 valence electrons. The van der Waals surface area contributed by atoms with Crippen LogP contribution in [0.4, 0.5) is 0 Å². The van der Waals surface area contributed by atoms with E-state index < -0.39 is 0 Å². The zero-order valence-corrected chi connectivity index (χ0v) is 13.7. The van der Waals surface area contributed by atoms with Crippen LogP contribution >= 0.6 is 0 Å². The van der Waals surface area contributed by atoms with E-state index in [1.54, 1.807) is 4.90 Å². The quantitative estimate of drug-likeness (QED) is 0.682. The third-order valence-corrected chi connectivity index (χ3v) is 5.16. The van der Waals surface area contributed by atoms with Gasteiger partial charge in [0, 0.05) is 45.2 Å². The van der Waals surface area contributed by atoms with Gasteiger partial charge in [0.05, 0.1) is 0 Å². The minimum absolute atomic E-state index is 0.000553. The molecule has 1 spiro atoms. The van der Waals surface area contributed by atoms with Gasteiger partial charge in [-0.3, -0.25) is 14.5 Å². The monoisotopic (exact) mass is 321 g/mol. The van der Waals surface area contributed by atoms with Crippen molar-refractivity contribution in [3.05, 3.63) is 6.33 Å². The van der Waals surface area contributed by atoms with Crippen molar-refractivity contribution >= 4 is 11.8 Å². The fourth-order valence-electron chi connectivity index (χ4n) is 3.45. The third-order valence-electron chi connectivity index (χ3n) is 5.16. The number of hydrogen-bond donors (Lipinski definition) is 0. The number of hydrogen-bond acceptors (Lipinski definition) is 6. The summed E-state index contributed by atoms with van der Waals surface area (Å²) in [4.78, 5) is 31.8. The summed E-state index contributed by atoms with van der Waals surface area (Å²) in [5.41, 5.74) is -0.121. The second-order valence-electron chi connectivity index (χ2n) is 6.49. The molecule has 0 N–H and O–H groups in total. The Balaban J connectivity index is 1.71. The van der Waals surface area contributed by atoms with E-state index in [9.17, 15) is 9.59 Å². The first-order valence-electron chi connectivity index (χ1n) is 7.94. The molecule has 2 amide bonds. The van der Waals surface area contributed by atoms with Crippen molar-refractivity contribution in [2.75, 3.05) is 40.3 Å². The van der Waals surface area contributed by atoms with Crippen molar-refractivity contribution in [3.63, 3.8) is 0 Å². The van der Waals surface area contributed by atoms with Crippen LogP contribution in [0.25, 0.3) is 0 Å². The molecule has 2 saturated heterocycles. The smallest absolute Gasteiger partial charge is 0.246 e. The van der Waals surface area contributed by atoms with E-state index in [-0.39, 0.29) is 23.9 Å². The van der Waals surface area contributed by atoms with Crippen LogP contribution in [0.5, 0.6) is 0 Å². The number of aromatic nitrogens is 4. The highest BCUT2D eigenvalue weighted by atomic mass is 16.2. The second kappa shape index (κ2) is 6.23.